The molecular formula is C26H27ClN2O2. The molecule has 4 nitrogen and oxygen atoms in total. The maximum atomic E-state index is 13.0. The van der Waals surface area contributed by atoms with E-state index in [0.717, 1.165) is 60.1 Å². The van der Waals surface area contributed by atoms with Gasteiger partial charge in [0.15, 0.2) is 0 Å². The van der Waals surface area contributed by atoms with Gasteiger partial charge in [-0.2, -0.15) is 0 Å². The third-order valence-electron chi connectivity index (χ3n) is 5.82. The molecule has 1 N–H and O–H groups in total. The number of ether oxygens (including phenoxy) is 1. The van der Waals surface area contributed by atoms with Crippen molar-refractivity contribution in [2.45, 2.75) is 19.4 Å². The lowest BCUT2D eigenvalue weighted by Crippen LogP contribution is -2.37. The molecule has 1 saturated heterocycles. The van der Waals surface area contributed by atoms with Crippen molar-refractivity contribution in [1.29, 1.82) is 0 Å². The summed E-state index contributed by atoms with van der Waals surface area (Å²) in [6, 6.07) is 23.8. The van der Waals surface area contributed by atoms with Crippen molar-refractivity contribution in [3.8, 4) is 16.9 Å². The zero-order valence-corrected chi connectivity index (χ0v) is 18.4. The lowest BCUT2D eigenvalue weighted by molar-refractivity contribution is -0.121. The number of rotatable bonds is 6. The predicted octanol–water partition coefficient (Wildman–Crippen LogP) is 5.87. The summed E-state index contributed by atoms with van der Waals surface area (Å²) in [6.07, 6.45) is 1.71. The number of carbonyl (C=O) groups excluding carboxylic acids is 1. The number of nitrogens with one attached hydrogen (secondary N) is 1. The van der Waals surface area contributed by atoms with Crippen LogP contribution in [0.3, 0.4) is 0 Å². The molecule has 1 aliphatic heterocycles. The number of hydrogen-bond acceptors (Lipinski definition) is 3. The number of benzene rings is 3. The van der Waals surface area contributed by atoms with Gasteiger partial charge in [0.05, 0.1) is 7.11 Å². The number of anilines is 1. The lowest BCUT2D eigenvalue weighted by Gasteiger charge is -2.31. The van der Waals surface area contributed by atoms with Crippen LogP contribution < -0.4 is 10.1 Å². The number of methoxy groups -OCH3 is 1. The van der Waals surface area contributed by atoms with Gasteiger partial charge in [-0.15, -0.1) is 0 Å². The molecule has 0 bridgehead atoms. The Morgan fingerprint density at radius 2 is 1.81 bits per heavy atom. The standard InChI is InChI=1S/C26H27ClN2O2/c1-31-23-9-5-7-21(17-23)24-10-2-3-11-25(24)28-26(30)20-12-14-29(15-13-20)18-19-6-4-8-22(27)16-19/h2-11,16-17,20H,12-15,18H2,1H3,(H,28,30). The van der Waals surface area contributed by atoms with Gasteiger partial charge in [0, 0.05) is 28.7 Å². The number of piperidine rings is 1. The molecule has 1 fully saturated rings. The summed E-state index contributed by atoms with van der Waals surface area (Å²) in [5.74, 6) is 0.914. The minimum atomic E-state index is 0.0222. The van der Waals surface area contributed by atoms with Crippen molar-refractivity contribution in [2.24, 2.45) is 5.92 Å². The van der Waals surface area contributed by atoms with E-state index in [9.17, 15) is 4.79 Å². The Balaban J connectivity index is 1.38. The minimum Gasteiger partial charge on any atom is -0.497 e. The molecule has 3 aromatic carbocycles. The first kappa shape index (κ1) is 21.4. The highest BCUT2D eigenvalue weighted by atomic mass is 35.5. The molecule has 1 amide bonds. The van der Waals surface area contributed by atoms with Crippen molar-refractivity contribution in [3.05, 3.63) is 83.4 Å². The van der Waals surface area contributed by atoms with E-state index in [-0.39, 0.29) is 11.8 Å². The molecule has 0 spiro atoms. The molecule has 0 radical (unpaired) electrons. The highest BCUT2D eigenvalue weighted by molar-refractivity contribution is 6.30. The van der Waals surface area contributed by atoms with Crippen LogP contribution in [-0.4, -0.2) is 31.0 Å². The number of para-hydroxylation sites is 1. The van der Waals surface area contributed by atoms with E-state index in [1.807, 2.05) is 66.7 Å². The topological polar surface area (TPSA) is 41.6 Å². The first-order valence-corrected chi connectivity index (χ1v) is 11.0. The maximum absolute atomic E-state index is 13.0. The first-order valence-electron chi connectivity index (χ1n) is 10.6. The molecule has 0 aliphatic carbocycles. The normalized spacial score (nSPS) is 14.9. The van der Waals surface area contributed by atoms with E-state index in [0.29, 0.717) is 0 Å². The Morgan fingerprint density at radius 3 is 2.58 bits per heavy atom. The zero-order chi connectivity index (χ0) is 21.6. The second kappa shape index (κ2) is 9.99. The van der Waals surface area contributed by atoms with Crippen LogP contribution in [-0.2, 0) is 11.3 Å². The largest absolute Gasteiger partial charge is 0.497 e. The Kier molecular flexibility index (Phi) is 6.90. The zero-order valence-electron chi connectivity index (χ0n) is 17.7. The van der Waals surface area contributed by atoms with Crippen LogP contribution in [0.4, 0.5) is 5.69 Å². The van der Waals surface area contributed by atoms with Crippen LogP contribution in [0.15, 0.2) is 72.8 Å². The third-order valence-corrected chi connectivity index (χ3v) is 6.05. The fourth-order valence-electron chi connectivity index (χ4n) is 4.12. The van der Waals surface area contributed by atoms with Crippen LogP contribution in [0.2, 0.25) is 5.02 Å². The smallest absolute Gasteiger partial charge is 0.227 e. The molecule has 0 saturated carbocycles. The number of likely N-dealkylation sites (tertiary alicyclic amines) is 1. The lowest BCUT2D eigenvalue weighted by atomic mass is 9.95. The van der Waals surface area contributed by atoms with Crippen molar-refractivity contribution in [2.75, 3.05) is 25.5 Å². The Bertz CT molecular complexity index is 1040. The molecule has 1 aliphatic rings. The SMILES string of the molecule is COc1cccc(-c2ccccc2NC(=O)C2CCN(Cc3cccc(Cl)c3)CC2)c1. The van der Waals surface area contributed by atoms with Gasteiger partial charge in [-0.05, 0) is 67.4 Å². The van der Waals surface area contributed by atoms with Gasteiger partial charge in [-0.1, -0.05) is 54.1 Å². The third kappa shape index (κ3) is 5.46. The Labute approximate surface area is 188 Å². The second-order valence-electron chi connectivity index (χ2n) is 7.95. The van der Waals surface area contributed by atoms with Crippen LogP contribution in [0.1, 0.15) is 18.4 Å². The number of halogens is 1. The summed E-state index contributed by atoms with van der Waals surface area (Å²) < 4.78 is 5.35. The average Bonchev–Trinajstić information content (AvgIpc) is 2.80. The van der Waals surface area contributed by atoms with Gasteiger partial charge >= 0.3 is 0 Å². The van der Waals surface area contributed by atoms with E-state index in [4.69, 9.17) is 16.3 Å². The van der Waals surface area contributed by atoms with Gasteiger partial charge in [0.1, 0.15) is 5.75 Å². The summed E-state index contributed by atoms with van der Waals surface area (Å²) in [5.41, 5.74) is 4.06. The number of carbonyl (C=O) groups is 1. The Hall–Kier alpha value is -2.82. The average molecular weight is 435 g/mol. The first-order chi connectivity index (χ1) is 15.1. The van der Waals surface area contributed by atoms with Crippen LogP contribution in [0.25, 0.3) is 11.1 Å². The van der Waals surface area contributed by atoms with Crippen LogP contribution >= 0.6 is 11.6 Å². The van der Waals surface area contributed by atoms with Gasteiger partial charge in [-0.25, -0.2) is 0 Å². The number of hydrogen-bond donors (Lipinski definition) is 1. The molecule has 0 unspecified atom stereocenters. The maximum Gasteiger partial charge on any atom is 0.227 e. The molecule has 0 aromatic heterocycles. The summed E-state index contributed by atoms with van der Waals surface area (Å²) in [4.78, 5) is 15.4. The van der Waals surface area contributed by atoms with E-state index in [2.05, 4.69) is 16.3 Å². The van der Waals surface area contributed by atoms with E-state index < -0.39 is 0 Å². The molecule has 0 atom stereocenters. The van der Waals surface area contributed by atoms with Crippen LogP contribution in [0, 0.1) is 5.92 Å². The van der Waals surface area contributed by atoms with Crippen molar-refractivity contribution in [3.63, 3.8) is 0 Å². The summed E-state index contributed by atoms with van der Waals surface area (Å²) in [6.45, 7) is 2.68. The minimum absolute atomic E-state index is 0.0222. The monoisotopic (exact) mass is 434 g/mol. The van der Waals surface area contributed by atoms with Crippen molar-refractivity contribution < 1.29 is 9.53 Å². The second-order valence-corrected chi connectivity index (χ2v) is 8.38. The Morgan fingerprint density at radius 1 is 1.03 bits per heavy atom. The predicted molar refractivity (Wildman–Crippen MR) is 127 cm³/mol. The van der Waals surface area contributed by atoms with Gasteiger partial charge < -0.3 is 10.1 Å². The molecule has 5 heteroatoms. The van der Waals surface area contributed by atoms with Gasteiger partial charge in [-0.3, -0.25) is 9.69 Å². The molecule has 160 valence electrons. The quantitative estimate of drug-likeness (QED) is 0.527. The number of amides is 1. The van der Waals surface area contributed by atoms with Crippen molar-refractivity contribution >= 4 is 23.2 Å². The fourth-order valence-corrected chi connectivity index (χ4v) is 4.33. The molecular weight excluding hydrogens is 408 g/mol. The molecule has 1 heterocycles. The van der Waals surface area contributed by atoms with E-state index in [1.165, 1.54) is 5.56 Å². The summed E-state index contributed by atoms with van der Waals surface area (Å²) >= 11 is 6.10. The number of nitrogens with zero attached hydrogens (tertiary/aromatic N) is 1. The summed E-state index contributed by atoms with van der Waals surface area (Å²) in [5, 5.41) is 3.94. The molecule has 4 rings (SSSR count). The molecule has 3 aromatic rings. The highest BCUT2D eigenvalue weighted by Gasteiger charge is 2.25. The highest BCUT2D eigenvalue weighted by Crippen LogP contribution is 2.31. The van der Waals surface area contributed by atoms with Crippen molar-refractivity contribution in [1.82, 2.24) is 4.90 Å². The van der Waals surface area contributed by atoms with E-state index in [1.54, 1.807) is 7.11 Å². The van der Waals surface area contributed by atoms with Gasteiger partial charge in [0.25, 0.3) is 0 Å². The summed E-state index contributed by atoms with van der Waals surface area (Å²) in [7, 11) is 1.66. The fraction of sp³-hybridized carbons (Fsp3) is 0.269. The van der Waals surface area contributed by atoms with E-state index >= 15 is 0 Å². The van der Waals surface area contributed by atoms with Crippen LogP contribution in [0.5, 0.6) is 5.75 Å². The van der Waals surface area contributed by atoms with Gasteiger partial charge in [0.2, 0.25) is 5.91 Å². The molecule has 31 heavy (non-hydrogen) atoms.